The fourth-order valence-electron chi connectivity index (χ4n) is 1.51. The van der Waals surface area contributed by atoms with Gasteiger partial charge in [-0.1, -0.05) is 0 Å². The second-order valence-electron chi connectivity index (χ2n) is 3.46. The molecule has 0 aromatic heterocycles. The summed E-state index contributed by atoms with van der Waals surface area (Å²) in [6.07, 6.45) is -5.26. The van der Waals surface area contributed by atoms with Gasteiger partial charge in [0.1, 0.15) is 18.3 Å². The number of hydrogen-bond donors (Lipinski definition) is 5. The van der Waals surface area contributed by atoms with Crippen molar-refractivity contribution >= 4 is 5.91 Å². The molecule has 1 aliphatic heterocycles. The molecule has 5 N–H and O–H groups in total. The number of nitrogens with one attached hydrogen (secondary N) is 1. The minimum Gasteiger partial charge on any atom is -0.394 e. The maximum absolute atomic E-state index is 10.8. The molecule has 0 aromatic rings. The monoisotopic (exact) mass is 221 g/mol. The summed E-state index contributed by atoms with van der Waals surface area (Å²) in [5.41, 5.74) is 0. The molecule has 0 radical (unpaired) electrons. The van der Waals surface area contributed by atoms with Crippen molar-refractivity contribution in [3.63, 3.8) is 0 Å². The van der Waals surface area contributed by atoms with E-state index in [9.17, 15) is 20.1 Å². The molecule has 0 aliphatic carbocycles. The fraction of sp³-hybridized carbons (Fsp3) is 0.875. The van der Waals surface area contributed by atoms with Crippen molar-refractivity contribution < 1.29 is 30.0 Å². The molecule has 0 bridgehead atoms. The highest BCUT2D eigenvalue weighted by Gasteiger charge is 2.43. The molecule has 1 unspecified atom stereocenters. The summed E-state index contributed by atoms with van der Waals surface area (Å²) in [6.45, 7) is 0.705. The van der Waals surface area contributed by atoms with Crippen LogP contribution in [0.3, 0.4) is 0 Å². The predicted molar refractivity (Wildman–Crippen MR) is 47.6 cm³/mol. The van der Waals surface area contributed by atoms with E-state index in [1.165, 1.54) is 6.92 Å². The SMILES string of the molecule is CC(=O)N[C@@H]1[C@H](O)[C@H](O)OC(CO)[C@H]1O. The van der Waals surface area contributed by atoms with Crippen LogP contribution in [-0.4, -0.2) is 63.6 Å². The number of aliphatic hydroxyl groups is 4. The Morgan fingerprint density at radius 2 is 1.93 bits per heavy atom. The molecule has 1 saturated heterocycles. The Bertz CT molecular complexity index is 235. The summed E-state index contributed by atoms with van der Waals surface area (Å²) in [6, 6.07) is -1.05. The number of hydrogen-bond acceptors (Lipinski definition) is 6. The van der Waals surface area contributed by atoms with Gasteiger partial charge in [-0.15, -0.1) is 0 Å². The van der Waals surface area contributed by atoms with E-state index in [1.807, 2.05) is 0 Å². The molecule has 0 saturated carbocycles. The van der Waals surface area contributed by atoms with Crippen molar-refractivity contribution in [3.05, 3.63) is 0 Å². The van der Waals surface area contributed by atoms with Gasteiger partial charge in [-0.05, 0) is 0 Å². The third-order valence-corrected chi connectivity index (χ3v) is 2.27. The summed E-state index contributed by atoms with van der Waals surface area (Å²) in [7, 11) is 0. The van der Waals surface area contributed by atoms with Gasteiger partial charge in [0.05, 0.1) is 12.6 Å². The van der Waals surface area contributed by atoms with E-state index in [1.54, 1.807) is 0 Å². The Kier molecular flexibility index (Phi) is 4.00. The first kappa shape index (κ1) is 12.3. The average molecular weight is 221 g/mol. The minimum atomic E-state index is -1.54. The third kappa shape index (κ3) is 2.64. The summed E-state index contributed by atoms with van der Waals surface area (Å²) in [4.78, 5) is 10.8. The smallest absolute Gasteiger partial charge is 0.217 e. The number of carbonyl (C=O) groups is 1. The van der Waals surface area contributed by atoms with E-state index in [-0.39, 0.29) is 0 Å². The molecule has 1 amide bonds. The molecular weight excluding hydrogens is 206 g/mol. The Hall–Kier alpha value is -0.730. The van der Waals surface area contributed by atoms with Crippen molar-refractivity contribution in [2.24, 2.45) is 0 Å². The highest BCUT2D eigenvalue weighted by Crippen LogP contribution is 2.19. The molecule has 1 rings (SSSR count). The lowest BCUT2D eigenvalue weighted by atomic mass is 9.96. The molecule has 5 atom stereocenters. The molecule has 1 fully saturated rings. The predicted octanol–water partition coefficient (Wildman–Crippen LogP) is -3.08. The van der Waals surface area contributed by atoms with Crippen molar-refractivity contribution in [1.29, 1.82) is 0 Å². The van der Waals surface area contributed by atoms with Crippen molar-refractivity contribution in [2.45, 2.75) is 37.6 Å². The lowest BCUT2D eigenvalue weighted by Crippen LogP contribution is -2.64. The molecule has 7 heteroatoms. The summed E-state index contributed by atoms with van der Waals surface area (Å²) in [5, 5.41) is 39.4. The maximum atomic E-state index is 10.8. The van der Waals surface area contributed by atoms with Gasteiger partial charge < -0.3 is 30.5 Å². The van der Waals surface area contributed by atoms with Gasteiger partial charge in [0.25, 0.3) is 0 Å². The van der Waals surface area contributed by atoms with E-state index < -0.39 is 43.2 Å². The van der Waals surface area contributed by atoms with Gasteiger partial charge in [-0.2, -0.15) is 0 Å². The van der Waals surface area contributed by atoms with Gasteiger partial charge in [0, 0.05) is 6.92 Å². The number of carbonyl (C=O) groups excluding carboxylic acids is 1. The average Bonchev–Trinajstić information content (AvgIpc) is 2.18. The van der Waals surface area contributed by atoms with E-state index in [4.69, 9.17) is 9.84 Å². The van der Waals surface area contributed by atoms with E-state index in [2.05, 4.69) is 5.32 Å². The van der Waals surface area contributed by atoms with Crippen LogP contribution in [0.4, 0.5) is 0 Å². The Balaban J connectivity index is 2.74. The lowest BCUT2D eigenvalue weighted by Gasteiger charge is -2.40. The quantitative estimate of drug-likeness (QED) is 0.337. The standard InChI is InChI=1S/C8H15NO6/c1-3(11)9-5-6(12)4(2-10)15-8(14)7(5)13/h4-8,10,12-14H,2H2,1H3,(H,9,11)/t4?,5-,6+,7-,8+/m0/s1. The van der Waals surface area contributed by atoms with Crippen LogP contribution < -0.4 is 5.32 Å². The van der Waals surface area contributed by atoms with Crippen LogP contribution in [-0.2, 0) is 9.53 Å². The molecule has 1 heterocycles. The second-order valence-corrected chi connectivity index (χ2v) is 3.46. The van der Waals surface area contributed by atoms with Crippen LogP contribution in [0.5, 0.6) is 0 Å². The zero-order valence-corrected chi connectivity index (χ0v) is 8.20. The van der Waals surface area contributed by atoms with Gasteiger partial charge in [-0.25, -0.2) is 0 Å². The number of amides is 1. The molecular formula is C8H15NO6. The third-order valence-electron chi connectivity index (χ3n) is 2.27. The zero-order chi connectivity index (χ0) is 11.6. The topological polar surface area (TPSA) is 119 Å². The Morgan fingerprint density at radius 3 is 2.40 bits per heavy atom. The van der Waals surface area contributed by atoms with Crippen molar-refractivity contribution in [3.8, 4) is 0 Å². The maximum Gasteiger partial charge on any atom is 0.217 e. The Morgan fingerprint density at radius 1 is 1.33 bits per heavy atom. The van der Waals surface area contributed by atoms with Crippen molar-refractivity contribution in [1.82, 2.24) is 5.32 Å². The molecule has 0 spiro atoms. The van der Waals surface area contributed by atoms with Crippen LogP contribution >= 0.6 is 0 Å². The lowest BCUT2D eigenvalue weighted by molar-refractivity contribution is -0.261. The zero-order valence-electron chi connectivity index (χ0n) is 8.20. The van der Waals surface area contributed by atoms with Gasteiger partial charge >= 0.3 is 0 Å². The van der Waals surface area contributed by atoms with Gasteiger partial charge in [-0.3, -0.25) is 4.79 Å². The van der Waals surface area contributed by atoms with Gasteiger partial charge in [0.15, 0.2) is 6.29 Å². The summed E-state index contributed by atoms with van der Waals surface area (Å²) in [5.74, 6) is -0.455. The van der Waals surface area contributed by atoms with Gasteiger partial charge in [0.2, 0.25) is 5.91 Å². The van der Waals surface area contributed by atoms with E-state index >= 15 is 0 Å². The molecule has 88 valence electrons. The van der Waals surface area contributed by atoms with Crippen molar-refractivity contribution in [2.75, 3.05) is 6.61 Å². The minimum absolute atomic E-state index is 0.455. The highest BCUT2D eigenvalue weighted by atomic mass is 16.6. The molecule has 7 nitrogen and oxygen atoms in total. The number of rotatable bonds is 2. The highest BCUT2D eigenvalue weighted by molar-refractivity contribution is 5.73. The molecule has 1 aliphatic rings. The number of aliphatic hydroxyl groups excluding tert-OH is 4. The fourth-order valence-corrected chi connectivity index (χ4v) is 1.51. The normalized spacial score (nSPS) is 41.3. The van der Waals surface area contributed by atoms with Crippen LogP contribution in [0.1, 0.15) is 6.92 Å². The summed E-state index contributed by atoms with van der Waals surface area (Å²) < 4.78 is 4.73. The molecule has 0 aromatic carbocycles. The van der Waals surface area contributed by atoms with E-state index in [0.29, 0.717) is 0 Å². The summed E-state index contributed by atoms with van der Waals surface area (Å²) >= 11 is 0. The molecule has 15 heavy (non-hydrogen) atoms. The van der Waals surface area contributed by atoms with Crippen LogP contribution in [0.2, 0.25) is 0 Å². The number of ether oxygens (including phenoxy) is 1. The van der Waals surface area contributed by atoms with Crippen LogP contribution in [0.25, 0.3) is 0 Å². The second kappa shape index (κ2) is 4.86. The van der Waals surface area contributed by atoms with E-state index in [0.717, 1.165) is 0 Å². The van der Waals surface area contributed by atoms with Crippen LogP contribution in [0, 0.1) is 0 Å². The Labute approximate surface area is 86.3 Å². The first-order valence-electron chi connectivity index (χ1n) is 4.55. The van der Waals surface area contributed by atoms with Crippen LogP contribution in [0.15, 0.2) is 0 Å². The largest absolute Gasteiger partial charge is 0.394 e. The first-order valence-corrected chi connectivity index (χ1v) is 4.55. The first-order chi connectivity index (χ1) is 6.97.